The van der Waals surface area contributed by atoms with E-state index in [-0.39, 0.29) is 17.2 Å². The van der Waals surface area contributed by atoms with Gasteiger partial charge in [0.2, 0.25) is 0 Å². The molecule has 35 heavy (non-hydrogen) atoms. The third kappa shape index (κ3) is 4.50. The minimum atomic E-state index is 0.199. The minimum Gasteiger partial charge on any atom is -0.508 e. The summed E-state index contributed by atoms with van der Waals surface area (Å²) < 4.78 is 6.06. The van der Waals surface area contributed by atoms with Crippen LogP contribution in [0.15, 0.2) is 60.7 Å². The van der Waals surface area contributed by atoms with Crippen molar-refractivity contribution in [2.45, 2.75) is 41.5 Å². The van der Waals surface area contributed by atoms with Gasteiger partial charge in [0, 0.05) is 23.1 Å². The van der Waals surface area contributed by atoms with Crippen LogP contribution in [0.1, 0.15) is 33.4 Å². The minimum absolute atomic E-state index is 0.199. The third-order valence-corrected chi connectivity index (χ3v) is 6.76. The van der Waals surface area contributed by atoms with Gasteiger partial charge in [-0.25, -0.2) is 0 Å². The van der Waals surface area contributed by atoms with E-state index in [9.17, 15) is 15.3 Å². The molecule has 0 saturated heterocycles. The second-order valence-electron chi connectivity index (χ2n) is 9.04. The van der Waals surface area contributed by atoms with Gasteiger partial charge in [0.25, 0.3) is 0 Å². The Balaban J connectivity index is 1.80. The molecule has 0 aliphatic heterocycles. The van der Waals surface area contributed by atoms with Crippen LogP contribution >= 0.6 is 0 Å². The summed E-state index contributed by atoms with van der Waals surface area (Å²) in [6.07, 6.45) is 0. The average Bonchev–Trinajstić information content (AvgIpc) is 2.83. The van der Waals surface area contributed by atoms with Gasteiger partial charge in [-0.05, 0) is 130 Å². The first-order valence-corrected chi connectivity index (χ1v) is 11.5. The highest BCUT2D eigenvalue weighted by Crippen LogP contribution is 2.43. The van der Waals surface area contributed by atoms with Crippen molar-refractivity contribution in [3.63, 3.8) is 0 Å². The van der Waals surface area contributed by atoms with Crippen LogP contribution in [0, 0.1) is 41.5 Å². The van der Waals surface area contributed by atoms with Gasteiger partial charge in [0.15, 0.2) is 0 Å². The Morgan fingerprint density at radius 1 is 0.543 bits per heavy atom. The van der Waals surface area contributed by atoms with Gasteiger partial charge in [0.1, 0.15) is 28.7 Å². The number of phenols is 3. The lowest BCUT2D eigenvalue weighted by Gasteiger charge is -2.30. The number of ether oxygens (including phenoxy) is 1. The predicted molar refractivity (Wildman–Crippen MR) is 141 cm³/mol. The molecule has 5 nitrogen and oxygen atoms in total. The van der Waals surface area contributed by atoms with E-state index in [1.54, 1.807) is 18.2 Å². The Kier molecular flexibility index (Phi) is 6.35. The molecule has 0 unspecified atom stereocenters. The van der Waals surface area contributed by atoms with E-state index in [0.29, 0.717) is 11.5 Å². The van der Waals surface area contributed by atoms with Crippen molar-refractivity contribution in [3.8, 4) is 28.7 Å². The van der Waals surface area contributed by atoms with Crippen LogP contribution < -0.4 is 9.64 Å². The number of aryl methyl sites for hydroxylation is 2. The fourth-order valence-electron chi connectivity index (χ4n) is 4.20. The van der Waals surface area contributed by atoms with E-state index in [4.69, 9.17) is 4.74 Å². The zero-order chi connectivity index (χ0) is 25.4. The van der Waals surface area contributed by atoms with Crippen molar-refractivity contribution in [2.75, 3.05) is 4.90 Å². The van der Waals surface area contributed by atoms with Gasteiger partial charge in [-0.3, -0.25) is 0 Å². The Bertz CT molecular complexity index is 1350. The molecule has 0 aliphatic carbocycles. The molecular formula is C30H31NO4. The molecule has 5 heteroatoms. The number of rotatable bonds is 5. The van der Waals surface area contributed by atoms with Crippen molar-refractivity contribution in [3.05, 3.63) is 94.0 Å². The van der Waals surface area contributed by atoms with Gasteiger partial charge < -0.3 is 25.0 Å². The Hall–Kier alpha value is -4.12. The highest BCUT2D eigenvalue weighted by Gasteiger charge is 2.20. The van der Waals surface area contributed by atoms with Crippen molar-refractivity contribution in [2.24, 2.45) is 0 Å². The maximum atomic E-state index is 10.2. The summed E-state index contributed by atoms with van der Waals surface area (Å²) >= 11 is 0. The smallest absolute Gasteiger partial charge is 0.134 e. The van der Waals surface area contributed by atoms with Crippen molar-refractivity contribution in [1.29, 1.82) is 0 Å². The van der Waals surface area contributed by atoms with E-state index in [0.717, 1.165) is 50.4 Å². The molecule has 4 rings (SSSR count). The Morgan fingerprint density at radius 3 is 1.57 bits per heavy atom. The van der Waals surface area contributed by atoms with Crippen molar-refractivity contribution in [1.82, 2.24) is 0 Å². The number of aromatic hydroxyl groups is 3. The maximum absolute atomic E-state index is 10.2. The molecular weight excluding hydrogens is 438 g/mol. The van der Waals surface area contributed by atoms with Gasteiger partial charge >= 0.3 is 0 Å². The number of hydrogen-bond donors (Lipinski definition) is 3. The van der Waals surface area contributed by atoms with Crippen LogP contribution in [0.2, 0.25) is 0 Å². The standard InChI is InChI=1S/C30H31NO4/c1-17-15-18(2)30(16-29(17)34)35-24-9-7-23(8-10-24)31(25-11-13-27(32)21(5)19(25)3)26-12-14-28(33)22(6)20(26)4/h7-16,32-34H,1-6H3. The van der Waals surface area contributed by atoms with Crippen LogP contribution in [-0.4, -0.2) is 15.3 Å². The highest BCUT2D eigenvalue weighted by molar-refractivity contribution is 5.82. The number of benzene rings is 4. The fraction of sp³-hybridized carbons (Fsp3) is 0.200. The summed E-state index contributed by atoms with van der Waals surface area (Å²) in [5.41, 5.74) is 8.06. The molecule has 0 heterocycles. The molecule has 0 fully saturated rings. The summed E-state index contributed by atoms with van der Waals surface area (Å²) in [6, 6.07) is 18.5. The molecule has 3 N–H and O–H groups in total. The molecule has 4 aromatic carbocycles. The summed E-state index contributed by atoms with van der Waals surface area (Å²) in [6.45, 7) is 11.6. The number of hydrogen-bond acceptors (Lipinski definition) is 5. The normalized spacial score (nSPS) is 10.9. The van der Waals surface area contributed by atoms with Crippen molar-refractivity contribution >= 4 is 17.1 Å². The van der Waals surface area contributed by atoms with E-state index >= 15 is 0 Å². The molecule has 180 valence electrons. The fourth-order valence-corrected chi connectivity index (χ4v) is 4.20. The van der Waals surface area contributed by atoms with Gasteiger partial charge in [0.05, 0.1) is 0 Å². The second kappa shape index (κ2) is 9.26. The maximum Gasteiger partial charge on any atom is 0.134 e. The third-order valence-electron chi connectivity index (χ3n) is 6.76. The average molecular weight is 470 g/mol. The molecule has 0 amide bonds. The van der Waals surface area contributed by atoms with E-state index in [1.165, 1.54) is 0 Å². The molecule has 0 radical (unpaired) electrons. The summed E-state index contributed by atoms with van der Waals surface area (Å²) in [5.74, 6) is 1.96. The van der Waals surface area contributed by atoms with E-state index < -0.39 is 0 Å². The van der Waals surface area contributed by atoms with Crippen LogP contribution in [0.5, 0.6) is 28.7 Å². The number of phenolic OH excluding ortho intramolecular Hbond substituents is 3. The largest absolute Gasteiger partial charge is 0.508 e. The number of nitrogens with zero attached hydrogens (tertiary/aromatic N) is 1. The lowest BCUT2D eigenvalue weighted by atomic mass is 10.0. The predicted octanol–water partition coefficient (Wildman–Crippen LogP) is 7.92. The molecule has 0 aromatic heterocycles. The monoisotopic (exact) mass is 469 g/mol. The van der Waals surface area contributed by atoms with Crippen LogP contribution in [0.4, 0.5) is 17.1 Å². The quantitative estimate of drug-likeness (QED) is 0.277. The topological polar surface area (TPSA) is 73.2 Å². The highest BCUT2D eigenvalue weighted by atomic mass is 16.5. The Morgan fingerprint density at radius 2 is 1.06 bits per heavy atom. The molecule has 0 bridgehead atoms. The first-order chi connectivity index (χ1) is 16.6. The molecule has 0 saturated carbocycles. The van der Waals surface area contributed by atoms with Gasteiger partial charge in [-0.1, -0.05) is 0 Å². The van der Waals surface area contributed by atoms with Crippen LogP contribution in [0.25, 0.3) is 0 Å². The van der Waals surface area contributed by atoms with E-state index in [1.807, 2.05) is 84.0 Å². The molecule has 0 aliphatic rings. The van der Waals surface area contributed by atoms with Gasteiger partial charge in [-0.2, -0.15) is 0 Å². The summed E-state index contributed by atoms with van der Waals surface area (Å²) in [5, 5.41) is 30.5. The second-order valence-corrected chi connectivity index (χ2v) is 9.04. The van der Waals surface area contributed by atoms with Gasteiger partial charge in [-0.15, -0.1) is 0 Å². The summed E-state index contributed by atoms with van der Waals surface area (Å²) in [7, 11) is 0. The lowest BCUT2D eigenvalue weighted by molar-refractivity contribution is 0.450. The molecule has 0 spiro atoms. The summed E-state index contributed by atoms with van der Waals surface area (Å²) in [4.78, 5) is 2.12. The molecule has 4 aromatic rings. The first kappa shape index (κ1) is 24.0. The lowest BCUT2D eigenvalue weighted by Crippen LogP contribution is -2.13. The molecule has 0 atom stereocenters. The number of anilines is 3. The zero-order valence-corrected chi connectivity index (χ0v) is 21.0. The van der Waals surface area contributed by atoms with Crippen molar-refractivity contribution < 1.29 is 20.1 Å². The SMILES string of the molecule is Cc1cc(C)c(Oc2ccc(N(c3ccc(O)c(C)c3C)c3ccc(O)c(C)c3C)cc2)cc1O. The zero-order valence-electron chi connectivity index (χ0n) is 21.0. The Labute approximate surface area is 206 Å². The van der Waals surface area contributed by atoms with E-state index in [2.05, 4.69) is 4.90 Å². The van der Waals surface area contributed by atoms with Crippen LogP contribution in [0.3, 0.4) is 0 Å². The van der Waals surface area contributed by atoms with Crippen LogP contribution in [-0.2, 0) is 0 Å². The first-order valence-electron chi connectivity index (χ1n) is 11.5.